The molecule has 6 heteroatoms. The molecule has 0 unspecified atom stereocenters. The number of unbranched alkanes of at least 4 members (excludes halogenated alkanes) is 1. The van der Waals surface area contributed by atoms with Crippen LogP contribution in [-0.4, -0.2) is 39.2 Å². The van der Waals surface area contributed by atoms with Gasteiger partial charge in [-0.25, -0.2) is 9.97 Å². The minimum Gasteiger partial charge on any atom is -0.396 e. The van der Waals surface area contributed by atoms with Gasteiger partial charge < -0.3 is 10.8 Å². The highest BCUT2D eigenvalue weighted by Crippen LogP contribution is 2.33. The first-order valence-corrected chi connectivity index (χ1v) is 8.78. The maximum absolute atomic E-state index is 8.95. The molecule has 0 aliphatic heterocycles. The molecule has 1 aliphatic carbocycles. The smallest absolute Gasteiger partial charge is 0.146 e. The quantitative estimate of drug-likeness (QED) is 0.767. The topological polar surface area (TPSA) is 75.3 Å². The van der Waals surface area contributed by atoms with E-state index in [9.17, 15) is 0 Å². The molecule has 2 aromatic rings. The van der Waals surface area contributed by atoms with E-state index in [1.165, 1.54) is 23.3 Å². The van der Waals surface area contributed by atoms with Gasteiger partial charge in [0.05, 0.1) is 11.9 Å². The van der Waals surface area contributed by atoms with Crippen LogP contribution in [0.3, 0.4) is 0 Å². The van der Waals surface area contributed by atoms with Crippen LogP contribution in [0.5, 0.6) is 0 Å². The lowest BCUT2D eigenvalue weighted by atomic mass is 10.2. The van der Waals surface area contributed by atoms with Crippen molar-refractivity contribution in [1.29, 1.82) is 0 Å². The summed E-state index contributed by atoms with van der Waals surface area (Å²) >= 11 is 1.70. The summed E-state index contributed by atoms with van der Waals surface area (Å²) in [5.41, 5.74) is 7.36. The number of aliphatic hydroxyl groups is 1. The third-order valence-electron chi connectivity index (χ3n) is 4.36. The van der Waals surface area contributed by atoms with Crippen molar-refractivity contribution < 1.29 is 5.11 Å². The predicted octanol–water partition coefficient (Wildman–Crippen LogP) is 2.63. The van der Waals surface area contributed by atoms with Gasteiger partial charge in [0, 0.05) is 17.5 Å². The van der Waals surface area contributed by atoms with Crippen LogP contribution in [0.25, 0.3) is 10.2 Å². The van der Waals surface area contributed by atoms with E-state index in [4.69, 9.17) is 15.8 Å². The van der Waals surface area contributed by atoms with E-state index in [1.807, 2.05) is 0 Å². The molecule has 0 bridgehead atoms. The maximum Gasteiger partial charge on any atom is 0.146 e. The van der Waals surface area contributed by atoms with Crippen LogP contribution in [0.4, 0.5) is 5.82 Å². The van der Waals surface area contributed by atoms with Crippen LogP contribution in [-0.2, 0) is 6.54 Å². The number of hydrogen-bond donors (Lipinski definition) is 2. The minimum atomic E-state index is 0.266. The Labute approximate surface area is 135 Å². The van der Waals surface area contributed by atoms with Crippen LogP contribution in [0, 0.1) is 13.8 Å². The lowest BCUT2D eigenvalue weighted by Crippen LogP contribution is -2.28. The van der Waals surface area contributed by atoms with Crippen molar-refractivity contribution in [1.82, 2.24) is 14.9 Å². The summed E-state index contributed by atoms with van der Waals surface area (Å²) in [6, 6.07) is 0.658. The Kier molecular flexibility index (Phi) is 4.61. The lowest BCUT2D eigenvalue weighted by molar-refractivity contribution is 0.225. The number of nitrogens with zero attached hydrogens (tertiary/aromatic N) is 3. The van der Waals surface area contributed by atoms with Crippen molar-refractivity contribution in [2.75, 3.05) is 18.9 Å². The standard InChI is InChI=1S/C16H24N4OS/c1-10-11(2)22-16-14(10)15(17)18-13(19-16)9-20(12-5-6-12)7-3-4-8-21/h12,21H,3-9H2,1-2H3,(H2,17,18,19). The summed E-state index contributed by atoms with van der Waals surface area (Å²) in [6.45, 7) is 6.20. The zero-order chi connectivity index (χ0) is 15.7. The van der Waals surface area contributed by atoms with Gasteiger partial charge in [-0.2, -0.15) is 0 Å². The first-order chi connectivity index (χ1) is 10.6. The Bertz CT molecular complexity index is 666. The summed E-state index contributed by atoms with van der Waals surface area (Å²) < 4.78 is 0. The van der Waals surface area contributed by atoms with Gasteiger partial charge in [-0.1, -0.05) is 0 Å². The number of aromatic nitrogens is 2. The van der Waals surface area contributed by atoms with Gasteiger partial charge in [0.2, 0.25) is 0 Å². The predicted molar refractivity (Wildman–Crippen MR) is 91.1 cm³/mol. The van der Waals surface area contributed by atoms with Gasteiger partial charge in [-0.05, 0) is 51.6 Å². The van der Waals surface area contributed by atoms with Gasteiger partial charge in [0.15, 0.2) is 0 Å². The number of aryl methyl sites for hydroxylation is 2. The van der Waals surface area contributed by atoms with E-state index in [1.54, 1.807) is 11.3 Å². The second kappa shape index (κ2) is 6.48. The van der Waals surface area contributed by atoms with E-state index in [0.29, 0.717) is 11.9 Å². The van der Waals surface area contributed by atoms with Crippen LogP contribution < -0.4 is 5.73 Å². The molecule has 3 N–H and O–H groups in total. The summed E-state index contributed by atoms with van der Waals surface area (Å²) in [5, 5.41) is 9.97. The number of thiophene rings is 1. The molecule has 1 aliphatic rings. The molecule has 1 saturated carbocycles. The Hall–Kier alpha value is -1.24. The molecule has 0 saturated heterocycles. The molecular formula is C16H24N4OS. The molecule has 5 nitrogen and oxygen atoms in total. The van der Waals surface area contributed by atoms with Crippen molar-refractivity contribution >= 4 is 27.4 Å². The fraction of sp³-hybridized carbons (Fsp3) is 0.625. The van der Waals surface area contributed by atoms with E-state index in [-0.39, 0.29) is 6.61 Å². The number of hydrogen-bond acceptors (Lipinski definition) is 6. The normalized spacial score (nSPS) is 15.1. The van der Waals surface area contributed by atoms with Crippen molar-refractivity contribution in [3.63, 3.8) is 0 Å². The summed E-state index contributed by atoms with van der Waals surface area (Å²) in [7, 11) is 0. The van der Waals surface area contributed by atoms with Crippen molar-refractivity contribution in [2.45, 2.75) is 52.1 Å². The average molecular weight is 320 g/mol. The molecule has 0 radical (unpaired) electrons. The monoisotopic (exact) mass is 320 g/mol. The van der Waals surface area contributed by atoms with Crippen LogP contribution in [0.15, 0.2) is 0 Å². The molecule has 2 aromatic heterocycles. The molecule has 3 rings (SSSR count). The van der Waals surface area contributed by atoms with Gasteiger partial charge in [0.25, 0.3) is 0 Å². The average Bonchev–Trinajstić information content (AvgIpc) is 3.26. The van der Waals surface area contributed by atoms with Gasteiger partial charge in [0.1, 0.15) is 16.5 Å². The molecular weight excluding hydrogens is 296 g/mol. The zero-order valence-corrected chi connectivity index (χ0v) is 14.1. The van der Waals surface area contributed by atoms with Gasteiger partial charge >= 0.3 is 0 Å². The fourth-order valence-electron chi connectivity index (χ4n) is 2.84. The Morgan fingerprint density at radius 2 is 2.05 bits per heavy atom. The molecule has 22 heavy (non-hydrogen) atoms. The molecule has 0 aromatic carbocycles. The molecule has 0 spiro atoms. The highest BCUT2D eigenvalue weighted by atomic mass is 32.1. The van der Waals surface area contributed by atoms with E-state index >= 15 is 0 Å². The first-order valence-electron chi connectivity index (χ1n) is 7.97. The maximum atomic E-state index is 8.95. The number of aliphatic hydroxyl groups excluding tert-OH is 1. The molecule has 0 amide bonds. The number of nitrogens with two attached hydrogens (primary N) is 1. The summed E-state index contributed by atoms with van der Waals surface area (Å²) in [6.07, 6.45) is 4.39. The number of fused-ring (bicyclic) bond motifs is 1. The van der Waals surface area contributed by atoms with E-state index in [0.717, 1.165) is 42.0 Å². The van der Waals surface area contributed by atoms with Crippen molar-refractivity contribution in [3.05, 3.63) is 16.3 Å². The highest BCUT2D eigenvalue weighted by Gasteiger charge is 2.29. The van der Waals surface area contributed by atoms with Crippen molar-refractivity contribution in [3.8, 4) is 0 Å². The van der Waals surface area contributed by atoms with E-state index in [2.05, 4.69) is 23.7 Å². The van der Waals surface area contributed by atoms with Crippen LogP contribution in [0.1, 0.15) is 41.9 Å². The largest absolute Gasteiger partial charge is 0.396 e. The lowest BCUT2D eigenvalue weighted by Gasteiger charge is -2.21. The van der Waals surface area contributed by atoms with Crippen LogP contribution in [0.2, 0.25) is 0 Å². The molecule has 1 fully saturated rings. The van der Waals surface area contributed by atoms with E-state index < -0.39 is 0 Å². The Morgan fingerprint density at radius 3 is 2.73 bits per heavy atom. The third kappa shape index (κ3) is 3.24. The van der Waals surface area contributed by atoms with Crippen LogP contribution >= 0.6 is 11.3 Å². The molecule has 120 valence electrons. The van der Waals surface area contributed by atoms with Gasteiger partial charge in [-0.3, -0.25) is 4.90 Å². The fourth-order valence-corrected chi connectivity index (χ4v) is 3.89. The van der Waals surface area contributed by atoms with Crippen molar-refractivity contribution in [2.24, 2.45) is 0 Å². The molecule has 2 heterocycles. The van der Waals surface area contributed by atoms with Gasteiger partial charge in [-0.15, -0.1) is 11.3 Å². The first kappa shape index (κ1) is 15.6. The molecule has 0 atom stereocenters. The Balaban J connectivity index is 1.80. The summed E-state index contributed by atoms with van der Waals surface area (Å²) in [5.74, 6) is 1.43. The zero-order valence-electron chi connectivity index (χ0n) is 13.3. The number of anilines is 1. The highest BCUT2D eigenvalue weighted by molar-refractivity contribution is 7.18. The second-order valence-corrected chi connectivity index (χ2v) is 7.32. The Morgan fingerprint density at radius 1 is 1.27 bits per heavy atom. The number of rotatable bonds is 7. The third-order valence-corrected chi connectivity index (χ3v) is 5.47. The minimum absolute atomic E-state index is 0.266. The second-order valence-electron chi connectivity index (χ2n) is 6.12. The number of nitrogen functional groups attached to an aromatic ring is 1. The SMILES string of the molecule is Cc1sc2nc(CN(CCCCO)C3CC3)nc(N)c2c1C. The summed E-state index contributed by atoms with van der Waals surface area (Å²) in [4.78, 5) is 14.0.